The van der Waals surface area contributed by atoms with E-state index in [1.165, 1.54) is 0 Å². The molecule has 0 aromatic heterocycles. The summed E-state index contributed by atoms with van der Waals surface area (Å²) in [7, 11) is 0. The van der Waals surface area contributed by atoms with Gasteiger partial charge in [0.2, 0.25) is 0 Å². The van der Waals surface area contributed by atoms with E-state index in [9.17, 15) is 14.9 Å². The fourth-order valence-electron chi connectivity index (χ4n) is 4.08. The quantitative estimate of drug-likeness (QED) is 0.348. The molecule has 0 bridgehead atoms. The number of nitrogens with zero attached hydrogens (tertiary/aromatic N) is 3. The summed E-state index contributed by atoms with van der Waals surface area (Å²) in [6.45, 7) is 5.67. The van der Waals surface area contributed by atoms with Gasteiger partial charge in [-0.2, -0.15) is 0 Å². The average molecular weight is 475 g/mol. The Morgan fingerprint density at radius 2 is 1.71 bits per heavy atom. The van der Waals surface area contributed by atoms with Gasteiger partial charge in [-0.15, -0.1) is 0 Å². The van der Waals surface area contributed by atoms with Crippen LogP contribution in [0.5, 0.6) is 5.75 Å². The Hall–Kier alpha value is -4.07. The Kier molecular flexibility index (Phi) is 7.82. The molecule has 1 fully saturated rings. The lowest BCUT2D eigenvalue weighted by Crippen LogP contribution is -2.48. The SMILES string of the molecule is CCCOc1ccc(C(=O)N2CCN(c3ccc([N+](=O)[O-])c(NCc4ccccc4)c3)CC2)cc1. The third kappa shape index (κ3) is 6.09. The van der Waals surface area contributed by atoms with E-state index in [4.69, 9.17) is 4.74 Å². The highest BCUT2D eigenvalue weighted by Crippen LogP contribution is 2.30. The zero-order chi connectivity index (χ0) is 24.6. The highest BCUT2D eigenvalue weighted by Gasteiger charge is 2.24. The van der Waals surface area contributed by atoms with Crippen LogP contribution in [0.25, 0.3) is 0 Å². The summed E-state index contributed by atoms with van der Waals surface area (Å²) in [5, 5.41) is 14.8. The second kappa shape index (κ2) is 11.4. The Labute approximate surface area is 205 Å². The number of hydrogen-bond acceptors (Lipinski definition) is 6. The van der Waals surface area contributed by atoms with E-state index >= 15 is 0 Å². The van der Waals surface area contributed by atoms with Gasteiger partial charge in [0, 0.05) is 50.0 Å². The molecule has 1 aliphatic heterocycles. The van der Waals surface area contributed by atoms with Gasteiger partial charge >= 0.3 is 0 Å². The molecule has 1 aliphatic rings. The summed E-state index contributed by atoms with van der Waals surface area (Å²) in [5.74, 6) is 0.767. The summed E-state index contributed by atoms with van der Waals surface area (Å²) in [6.07, 6.45) is 0.935. The monoisotopic (exact) mass is 474 g/mol. The molecule has 1 amide bonds. The van der Waals surface area contributed by atoms with Crippen molar-refractivity contribution < 1.29 is 14.5 Å². The second-order valence-corrected chi connectivity index (χ2v) is 8.45. The van der Waals surface area contributed by atoms with Crippen LogP contribution in [0, 0.1) is 10.1 Å². The maximum absolute atomic E-state index is 12.9. The molecule has 0 spiro atoms. The highest BCUT2D eigenvalue weighted by molar-refractivity contribution is 5.94. The summed E-state index contributed by atoms with van der Waals surface area (Å²) in [4.78, 5) is 28.1. The number of piperazine rings is 1. The standard InChI is InChI=1S/C27H30N4O4/c1-2-18-35-24-11-8-22(9-12-24)27(32)30-16-14-29(15-17-30)23-10-13-26(31(33)34)25(19-23)28-20-21-6-4-3-5-7-21/h3-13,19,28H,2,14-18,20H2,1H3. The van der Waals surface area contributed by atoms with Gasteiger partial charge in [0.25, 0.3) is 11.6 Å². The minimum atomic E-state index is -0.369. The van der Waals surface area contributed by atoms with Crippen LogP contribution in [0.2, 0.25) is 0 Å². The first kappa shape index (κ1) is 24.1. The average Bonchev–Trinajstić information content (AvgIpc) is 2.91. The molecule has 182 valence electrons. The maximum Gasteiger partial charge on any atom is 0.292 e. The van der Waals surface area contributed by atoms with Crippen molar-refractivity contribution >= 4 is 23.0 Å². The topological polar surface area (TPSA) is 88.0 Å². The van der Waals surface area contributed by atoms with E-state index in [1.54, 1.807) is 24.3 Å². The van der Waals surface area contributed by atoms with Crippen molar-refractivity contribution in [1.29, 1.82) is 0 Å². The van der Waals surface area contributed by atoms with E-state index in [0.717, 1.165) is 23.4 Å². The minimum Gasteiger partial charge on any atom is -0.494 e. The van der Waals surface area contributed by atoms with Gasteiger partial charge in [-0.25, -0.2) is 0 Å². The number of rotatable bonds is 9. The fraction of sp³-hybridized carbons (Fsp3) is 0.296. The van der Waals surface area contributed by atoms with Gasteiger partial charge in [0.1, 0.15) is 11.4 Å². The van der Waals surface area contributed by atoms with Crippen LogP contribution in [0.15, 0.2) is 72.8 Å². The van der Waals surface area contributed by atoms with Crippen LogP contribution < -0.4 is 15.0 Å². The molecule has 8 nitrogen and oxygen atoms in total. The Bertz CT molecular complexity index is 1140. The zero-order valence-electron chi connectivity index (χ0n) is 19.9. The summed E-state index contributed by atoms with van der Waals surface area (Å²) in [6, 6.07) is 22.2. The predicted molar refractivity (Wildman–Crippen MR) is 137 cm³/mol. The van der Waals surface area contributed by atoms with E-state index in [1.807, 2.05) is 53.4 Å². The molecule has 0 aliphatic carbocycles. The molecule has 4 rings (SSSR count). The molecule has 3 aromatic carbocycles. The largest absolute Gasteiger partial charge is 0.494 e. The van der Waals surface area contributed by atoms with Crippen LogP contribution in [0.3, 0.4) is 0 Å². The van der Waals surface area contributed by atoms with Crippen molar-refractivity contribution in [3.8, 4) is 5.75 Å². The molecule has 1 heterocycles. The Balaban J connectivity index is 1.39. The van der Waals surface area contributed by atoms with Crippen LogP contribution in [0.1, 0.15) is 29.3 Å². The third-order valence-corrected chi connectivity index (χ3v) is 6.01. The number of anilines is 2. The lowest BCUT2D eigenvalue weighted by Gasteiger charge is -2.36. The number of benzene rings is 3. The molecule has 0 saturated carbocycles. The minimum absolute atomic E-state index is 0.000563. The molecular weight excluding hydrogens is 444 g/mol. The summed E-state index contributed by atoms with van der Waals surface area (Å²) >= 11 is 0. The van der Waals surface area contributed by atoms with Gasteiger partial charge in [-0.1, -0.05) is 37.3 Å². The van der Waals surface area contributed by atoms with Gasteiger partial charge in [-0.05, 0) is 48.4 Å². The molecule has 0 radical (unpaired) electrons. The van der Waals surface area contributed by atoms with Crippen LogP contribution in [-0.4, -0.2) is 48.5 Å². The molecule has 0 atom stereocenters. The Morgan fingerprint density at radius 1 is 1.00 bits per heavy atom. The number of nitrogens with one attached hydrogen (secondary N) is 1. The smallest absolute Gasteiger partial charge is 0.292 e. The zero-order valence-corrected chi connectivity index (χ0v) is 19.9. The molecule has 1 N–H and O–H groups in total. The first-order valence-corrected chi connectivity index (χ1v) is 11.9. The maximum atomic E-state index is 12.9. The van der Waals surface area contributed by atoms with Crippen LogP contribution in [0.4, 0.5) is 17.1 Å². The number of carbonyl (C=O) groups excluding carboxylic acids is 1. The number of amides is 1. The van der Waals surface area contributed by atoms with Crippen molar-refractivity contribution in [2.75, 3.05) is 43.0 Å². The molecule has 0 unspecified atom stereocenters. The van der Waals surface area contributed by atoms with Crippen molar-refractivity contribution in [2.24, 2.45) is 0 Å². The lowest BCUT2D eigenvalue weighted by molar-refractivity contribution is -0.384. The molecule has 35 heavy (non-hydrogen) atoms. The molecule has 8 heteroatoms. The number of nitro groups is 1. The third-order valence-electron chi connectivity index (χ3n) is 6.01. The molecule has 3 aromatic rings. The first-order chi connectivity index (χ1) is 17.0. The number of hydrogen-bond donors (Lipinski definition) is 1. The Morgan fingerprint density at radius 3 is 2.37 bits per heavy atom. The normalized spacial score (nSPS) is 13.4. The number of nitro benzene ring substituents is 1. The first-order valence-electron chi connectivity index (χ1n) is 11.9. The van der Waals surface area contributed by atoms with Gasteiger partial charge in [0.05, 0.1) is 11.5 Å². The molecule has 1 saturated heterocycles. The van der Waals surface area contributed by atoms with E-state index in [2.05, 4.69) is 17.1 Å². The van der Waals surface area contributed by atoms with Crippen molar-refractivity contribution in [3.63, 3.8) is 0 Å². The van der Waals surface area contributed by atoms with E-state index in [0.29, 0.717) is 50.6 Å². The van der Waals surface area contributed by atoms with Crippen LogP contribution in [-0.2, 0) is 6.54 Å². The van der Waals surface area contributed by atoms with Gasteiger partial charge in [0.15, 0.2) is 0 Å². The van der Waals surface area contributed by atoms with Crippen molar-refractivity contribution in [1.82, 2.24) is 4.90 Å². The summed E-state index contributed by atoms with van der Waals surface area (Å²) < 4.78 is 5.59. The molecular formula is C27H30N4O4. The number of carbonyl (C=O) groups is 1. The van der Waals surface area contributed by atoms with Crippen molar-refractivity contribution in [3.05, 3.63) is 94.0 Å². The lowest BCUT2D eigenvalue weighted by atomic mass is 10.1. The fourth-order valence-corrected chi connectivity index (χ4v) is 4.08. The van der Waals surface area contributed by atoms with E-state index in [-0.39, 0.29) is 16.5 Å². The van der Waals surface area contributed by atoms with E-state index < -0.39 is 0 Å². The van der Waals surface area contributed by atoms with Gasteiger partial charge in [-0.3, -0.25) is 14.9 Å². The van der Waals surface area contributed by atoms with Crippen molar-refractivity contribution in [2.45, 2.75) is 19.9 Å². The second-order valence-electron chi connectivity index (χ2n) is 8.45. The summed E-state index contributed by atoms with van der Waals surface area (Å²) in [5.41, 5.74) is 3.12. The predicted octanol–water partition coefficient (Wildman–Crippen LogP) is 4.96. The highest BCUT2D eigenvalue weighted by atomic mass is 16.6. The number of ether oxygens (including phenoxy) is 1. The van der Waals surface area contributed by atoms with Crippen LogP contribution >= 0.6 is 0 Å². The van der Waals surface area contributed by atoms with Gasteiger partial charge < -0.3 is 19.9 Å².